The van der Waals surface area contributed by atoms with Crippen LogP contribution in [0, 0.1) is 0 Å². The summed E-state index contributed by atoms with van der Waals surface area (Å²) in [6.07, 6.45) is 1.52. The Morgan fingerprint density at radius 2 is 1.81 bits per heavy atom. The van der Waals surface area contributed by atoms with Crippen molar-refractivity contribution in [3.63, 3.8) is 0 Å². The summed E-state index contributed by atoms with van der Waals surface area (Å²) in [6.45, 7) is 3.81. The minimum atomic E-state index is -1.14. The van der Waals surface area contributed by atoms with Crippen molar-refractivity contribution in [2.75, 3.05) is 6.54 Å². The number of carbonyl (C=O) groups excluding carboxylic acids is 3. The van der Waals surface area contributed by atoms with Gasteiger partial charge in [0.15, 0.2) is 0 Å². The predicted molar refractivity (Wildman–Crippen MR) is 94.8 cm³/mol. The minimum Gasteiger partial charge on any atom is -0.352 e. The molecule has 132 valence electrons. The van der Waals surface area contributed by atoms with Gasteiger partial charge in [0.2, 0.25) is 5.91 Å². The molecule has 0 aliphatic carbocycles. The Morgan fingerprint density at radius 1 is 1.12 bits per heavy atom. The van der Waals surface area contributed by atoms with Gasteiger partial charge in [0.05, 0.1) is 0 Å². The Balaban J connectivity index is 1.89. The summed E-state index contributed by atoms with van der Waals surface area (Å²) in [7, 11) is 0. The zero-order chi connectivity index (χ0) is 18.5. The quantitative estimate of drug-likeness (QED) is 0.492. The van der Waals surface area contributed by atoms with Crippen LogP contribution in [0.4, 0.5) is 0 Å². The van der Waals surface area contributed by atoms with Gasteiger partial charge in [-0.3, -0.25) is 19.2 Å². The van der Waals surface area contributed by atoms with Crippen LogP contribution >= 0.6 is 0 Å². The Bertz CT molecular complexity index is 848. The first-order valence-electron chi connectivity index (χ1n) is 8.16. The fraction of sp³-hybridized carbons (Fsp3) is 0.150. The first kappa shape index (κ1) is 17.6. The molecule has 0 saturated carbocycles. The van der Waals surface area contributed by atoms with Crippen LogP contribution in [0.5, 0.6) is 0 Å². The van der Waals surface area contributed by atoms with Gasteiger partial charge in [-0.2, -0.15) is 0 Å². The topological polar surface area (TPSA) is 75.7 Å². The lowest BCUT2D eigenvalue weighted by Gasteiger charge is -2.30. The van der Waals surface area contributed by atoms with Crippen molar-refractivity contribution in [2.24, 2.45) is 0 Å². The van der Waals surface area contributed by atoms with E-state index in [4.69, 9.17) is 4.84 Å². The van der Waals surface area contributed by atoms with E-state index in [2.05, 4.69) is 11.9 Å². The van der Waals surface area contributed by atoms with Gasteiger partial charge in [-0.1, -0.05) is 54.6 Å². The summed E-state index contributed by atoms with van der Waals surface area (Å²) in [5, 5.41) is 3.30. The highest BCUT2D eigenvalue weighted by molar-refractivity contribution is 6.18. The molecule has 3 rings (SSSR count). The van der Waals surface area contributed by atoms with E-state index >= 15 is 0 Å². The van der Waals surface area contributed by atoms with Crippen molar-refractivity contribution in [1.82, 2.24) is 10.4 Å². The highest BCUT2D eigenvalue weighted by atomic mass is 16.7. The Kier molecular flexibility index (Phi) is 5.24. The molecule has 6 heteroatoms. The van der Waals surface area contributed by atoms with Gasteiger partial charge in [0, 0.05) is 12.1 Å². The Labute approximate surface area is 151 Å². The molecule has 0 fully saturated rings. The van der Waals surface area contributed by atoms with E-state index in [0.717, 1.165) is 5.56 Å². The van der Waals surface area contributed by atoms with Crippen LogP contribution in [0.25, 0.3) is 0 Å². The molecule has 2 aromatic carbocycles. The van der Waals surface area contributed by atoms with Crippen molar-refractivity contribution < 1.29 is 19.2 Å². The van der Waals surface area contributed by atoms with Crippen LogP contribution in [0.1, 0.15) is 27.4 Å². The van der Waals surface area contributed by atoms with Crippen LogP contribution < -0.4 is 5.32 Å². The van der Waals surface area contributed by atoms with Gasteiger partial charge < -0.3 is 5.32 Å². The second-order valence-corrected chi connectivity index (χ2v) is 5.75. The lowest BCUT2D eigenvalue weighted by Crippen LogP contribution is -2.49. The maximum atomic E-state index is 12.8. The molecule has 3 amide bonds. The number of nitrogens with one attached hydrogen (secondary N) is 1. The number of amides is 3. The molecular formula is C20H18N2O4. The first-order chi connectivity index (χ1) is 12.6. The third kappa shape index (κ3) is 3.41. The average Bonchev–Trinajstić information content (AvgIpc) is 2.67. The molecule has 0 aromatic heterocycles. The molecule has 1 heterocycles. The van der Waals surface area contributed by atoms with E-state index in [9.17, 15) is 14.4 Å². The molecule has 0 spiro atoms. The fourth-order valence-electron chi connectivity index (χ4n) is 2.77. The SMILES string of the molecule is C=CCNC(=O)C1C(=O)N(OCc2ccccc2)C(=O)c2ccccc21. The number of fused-ring (bicyclic) bond motifs is 1. The number of hydroxylamine groups is 2. The Hall–Kier alpha value is -3.25. The standard InChI is InChI=1S/C20H18N2O4/c1-2-12-21-18(23)17-15-10-6-7-11-16(15)19(24)22(20(17)25)26-13-14-8-4-3-5-9-14/h2-11,17H,1,12-13H2,(H,21,23). The molecule has 2 aromatic rings. The zero-order valence-electron chi connectivity index (χ0n) is 14.1. The van der Waals surface area contributed by atoms with Crippen molar-refractivity contribution in [1.29, 1.82) is 0 Å². The van der Waals surface area contributed by atoms with Crippen molar-refractivity contribution in [3.05, 3.63) is 83.9 Å². The number of hydrogen-bond acceptors (Lipinski definition) is 4. The number of imide groups is 1. The molecular weight excluding hydrogens is 332 g/mol. The van der Waals surface area contributed by atoms with Gasteiger partial charge >= 0.3 is 0 Å². The molecule has 0 saturated heterocycles. The Morgan fingerprint density at radius 3 is 2.54 bits per heavy atom. The number of rotatable bonds is 6. The molecule has 1 aliphatic heterocycles. The highest BCUT2D eigenvalue weighted by Gasteiger charge is 2.43. The lowest BCUT2D eigenvalue weighted by atomic mass is 9.88. The van der Waals surface area contributed by atoms with Gasteiger partial charge in [-0.25, -0.2) is 0 Å². The summed E-state index contributed by atoms with van der Waals surface area (Å²) in [4.78, 5) is 43.4. The van der Waals surface area contributed by atoms with Crippen LogP contribution in [0.15, 0.2) is 67.3 Å². The summed E-state index contributed by atoms with van der Waals surface area (Å²) in [6, 6.07) is 15.7. The van der Waals surface area contributed by atoms with Gasteiger partial charge in [0.1, 0.15) is 12.5 Å². The number of benzene rings is 2. The number of nitrogens with zero attached hydrogens (tertiary/aromatic N) is 1. The minimum absolute atomic E-state index is 0.0431. The van der Waals surface area contributed by atoms with Crippen molar-refractivity contribution in [3.8, 4) is 0 Å². The third-order valence-electron chi connectivity index (χ3n) is 4.02. The summed E-state index contributed by atoms with van der Waals surface area (Å²) in [5.74, 6) is -2.91. The molecule has 1 aliphatic rings. The maximum Gasteiger partial charge on any atom is 0.285 e. The van der Waals surface area contributed by atoms with Gasteiger partial charge in [-0.05, 0) is 17.2 Å². The molecule has 26 heavy (non-hydrogen) atoms. The smallest absolute Gasteiger partial charge is 0.285 e. The van der Waals surface area contributed by atoms with E-state index in [-0.39, 0.29) is 18.7 Å². The van der Waals surface area contributed by atoms with Crippen molar-refractivity contribution in [2.45, 2.75) is 12.5 Å². The largest absolute Gasteiger partial charge is 0.352 e. The average molecular weight is 350 g/mol. The lowest BCUT2D eigenvalue weighted by molar-refractivity contribution is -0.177. The monoisotopic (exact) mass is 350 g/mol. The number of hydrogen-bond donors (Lipinski definition) is 1. The van der Waals surface area contributed by atoms with Crippen LogP contribution in [-0.4, -0.2) is 29.3 Å². The maximum absolute atomic E-state index is 12.8. The van der Waals surface area contributed by atoms with E-state index in [1.807, 2.05) is 30.3 Å². The molecule has 1 unspecified atom stereocenters. The van der Waals surface area contributed by atoms with Crippen LogP contribution in [0.3, 0.4) is 0 Å². The van der Waals surface area contributed by atoms with Crippen molar-refractivity contribution >= 4 is 17.7 Å². The highest BCUT2D eigenvalue weighted by Crippen LogP contribution is 2.30. The summed E-state index contributed by atoms with van der Waals surface area (Å²) < 4.78 is 0. The number of carbonyl (C=O) groups is 3. The first-order valence-corrected chi connectivity index (χ1v) is 8.16. The predicted octanol–water partition coefficient (Wildman–Crippen LogP) is 2.19. The fourth-order valence-corrected chi connectivity index (χ4v) is 2.77. The van der Waals surface area contributed by atoms with Gasteiger partial charge in [0.25, 0.3) is 11.8 Å². The third-order valence-corrected chi connectivity index (χ3v) is 4.02. The normalized spacial score (nSPS) is 16.2. The second-order valence-electron chi connectivity index (χ2n) is 5.75. The van der Waals surface area contributed by atoms with E-state index in [1.165, 1.54) is 6.08 Å². The summed E-state index contributed by atoms with van der Waals surface area (Å²) in [5.41, 5.74) is 1.46. The van der Waals surface area contributed by atoms with E-state index < -0.39 is 23.6 Å². The van der Waals surface area contributed by atoms with E-state index in [0.29, 0.717) is 10.6 Å². The van der Waals surface area contributed by atoms with Crippen LogP contribution in [0.2, 0.25) is 0 Å². The summed E-state index contributed by atoms with van der Waals surface area (Å²) >= 11 is 0. The molecule has 0 bridgehead atoms. The molecule has 6 nitrogen and oxygen atoms in total. The van der Waals surface area contributed by atoms with E-state index in [1.54, 1.807) is 24.3 Å². The van der Waals surface area contributed by atoms with Gasteiger partial charge in [-0.15, -0.1) is 11.6 Å². The molecule has 1 atom stereocenters. The van der Waals surface area contributed by atoms with Crippen LogP contribution in [-0.2, 0) is 21.0 Å². The molecule has 0 radical (unpaired) electrons. The molecule has 1 N–H and O–H groups in total. The second kappa shape index (κ2) is 7.76. The zero-order valence-corrected chi connectivity index (χ0v) is 14.1.